The Morgan fingerprint density at radius 1 is 1.03 bits per heavy atom. The molecule has 1 atom stereocenters. The predicted octanol–water partition coefficient (Wildman–Crippen LogP) is 5.44. The highest BCUT2D eigenvalue weighted by Gasteiger charge is 2.25. The van der Waals surface area contributed by atoms with E-state index in [0.717, 1.165) is 37.3 Å². The number of nitrogens with zero attached hydrogens (tertiary/aromatic N) is 2. The fourth-order valence-electron chi connectivity index (χ4n) is 3.59. The number of alkyl halides is 4. The quantitative estimate of drug-likeness (QED) is 0.427. The van der Waals surface area contributed by atoms with E-state index in [4.69, 9.17) is 0 Å². The maximum Gasteiger partial charge on any atom is 0.387 e. The Morgan fingerprint density at radius 3 is 2.48 bits per heavy atom. The van der Waals surface area contributed by atoms with Crippen molar-refractivity contribution in [1.82, 2.24) is 9.88 Å². The molecule has 1 amide bonds. The summed E-state index contributed by atoms with van der Waals surface area (Å²) in [6.45, 7) is -5.69. The number of amides is 1. The van der Waals surface area contributed by atoms with Gasteiger partial charge in [0.1, 0.15) is 11.5 Å². The number of halogens is 4. The largest absolute Gasteiger partial charge is 0.435 e. The van der Waals surface area contributed by atoms with E-state index < -0.39 is 13.2 Å². The zero-order chi connectivity index (χ0) is 22.2. The van der Waals surface area contributed by atoms with Crippen LogP contribution in [0.25, 0.3) is 6.08 Å². The molecule has 3 rings (SSSR count). The van der Waals surface area contributed by atoms with Gasteiger partial charge in [-0.25, -0.2) is 0 Å². The van der Waals surface area contributed by atoms with Gasteiger partial charge in [-0.2, -0.15) is 17.6 Å². The average Bonchev–Trinajstić information content (AvgIpc) is 2.99. The molecule has 2 aromatic rings. The Bertz CT molecular complexity index is 894. The van der Waals surface area contributed by atoms with Gasteiger partial charge in [-0.1, -0.05) is 12.8 Å². The van der Waals surface area contributed by atoms with Gasteiger partial charge in [0.25, 0.3) is 0 Å². The SMILES string of the molecule is O=C(/C=C/c1ccc(OC(F)F)cc1OC(F)F)N1CCCCCC1c1ccncc1. The Balaban J connectivity index is 1.82. The van der Waals surface area contributed by atoms with Crippen LogP contribution in [0.5, 0.6) is 11.5 Å². The van der Waals surface area contributed by atoms with Crippen molar-refractivity contribution in [3.8, 4) is 11.5 Å². The second-order valence-corrected chi connectivity index (χ2v) is 6.97. The summed E-state index contributed by atoms with van der Waals surface area (Å²) in [7, 11) is 0. The molecule has 0 radical (unpaired) electrons. The minimum absolute atomic E-state index is 0.110. The molecule has 1 unspecified atom stereocenters. The number of benzene rings is 1. The first-order chi connectivity index (χ1) is 14.9. The zero-order valence-corrected chi connectivity index (χ0v) is 16.6. The molecular weight excluding hydrogens is 416 g/mol. The molecule has 1 saturated heterocycles. The fraction of sp³-hybridized carbons (Fsp3) is 0.364. The first-order valence-corrected chi connectivity index (χ1v) is 9.86. The smallest absolute Gasteiger partial charge is 0.387 e. The van der Waals surface area contributed by atoms with Crippen molar-refractivity contribution in [3.63, 3.8) is 0 Å². The number of hydrogen-bond donors (Lipinski definition) is 0. The molecule has 0 bridgehead atoms. The number of carbonyl (C=O) groups is 1. The van der Waals surface area contributed by atoms with Gasteiger partial charge in [-0.05, 0) is 48.7 Å². The zero-order valence-electron chi connectivity index (χ0n) is 16.6. The van der Waals surface area contributed by atoms with Crippen molar-refractivity contribution < 1.29 is 31.8 Å². The number of hydrogen-bond acceptors (Lipinski definition) is 4. The lowest BCUT2D eigenvalue weighted by molar-refractivity contribution is -0.128. The summed E-state index contributed by atoms with van der Waals surface area (Å²) in [6.07, 6.45) is 9.63. The summed E-state index contributed by atoms with van der Waals surface area (Å²) >= 11 is 0. The van der Waals surface area contributed by atoms with Crippen LogP contribution in [0.1, 0.15) is 42.9 Å². The van der Waals surface area contributed by atoms with Crippen LogP contribution in [0.2, 0.25) is 0 Å². The number of likely N-dealkylation sites (tertiary alicyclic amines) is 1. The molecule has 1 aliphatic heterocycles. The van der Waals surface area contributed by atoms with Crippen LogP contribution in [-0.4, -0.2) is 35.6 Å². The van der Waals surface area contributed by atoms with Crippen LogP contribution in [0.4, 0.5) is 17.6 Å². The number of carbonyl (C=O) groups excluding carboxylic acids is 1. The first kappa shape index (κ1) is 22.6. The van der Waals surface area contributed by atoms with Gasteiger partial charge in [-0.3, -0.25) is 9.78 Å². The average molecular weight is 438 g/mol. The monoisotopic (exact) mass is 438 g/mol. The van der Waals surface area contributed by atoms with Gasteiger partial charge in [0.2, 0.25) is 5.91 Å². The van der Waals surface area contributed by atoms with Gasteiger partial charge >= 0.3 is 13.2 Å². The number of ether oxygens (including phenoxy) is 2. The van der Waals surface area contributed by atoms with E-state index in [-0.39, 0.29) is 29.0 Å². The van der Waals surface area contributed by atoms with Gasteiger partial charge in [-0.15, -0.1) is 0 Å². The van der Waals surface area contributed by atoms with Gasteiger partial charge in [0, 0.05) is 36.6 Å². The summed E-state index contributed by atoms with van der Waals surface area (Å²) in [5.74, 6) is -0.960. The molecule has 9 heteroatoms. The van der Waals surface area contributed by atoms with E-state index in [1.807, 2.05) is 12.1 Å². The summed E-state index contributed by atoms with van der Waals surface area (Å²) in [5.41, 5.74) is 1.12. The Morgan fingerprint density at radius 2 is 1.77 bits per heavy atom. The van der Waals surface area contributed by atoms with Crippen LogP contribution < -0.4 is 9.47 Å². The molecule has 2 heterocycles. The standard InChI is InChI=1S/C22H22F4N2O3/c23-21(24)30-17-7-5-16(19(14-17)31-22(25)26)6-8-20(29)28-13-3-1-2-4-18(28)15-9-11-27-12-10-15/h5-12,14,18,21-22H,1-4,13H2/b8-6+. The molecule has 166 valence electrons. The van der Waals surface area contributed by atoms with Gasteiger partial charge in [0.05, 0.1) is 6.04 Å². The van der Waals surface area contributed by atoms with Crippen molar-refractivity contribution in [2.75, 3.05) is 6.54 Å². The lowest BCUT2D eigenvalue weighted by Crippen LogP contribution is -2.33. The van der Waals surface area contributed by atoms with E-state index in [9.17, 15) is 22.4 Å². The van der Waals surface area contributed by atoms with E-state index in [1.165, 1.54) is 24.3 Å². The summed E-state index contributed by atoms with van der Waals surface area (Å²) < 4.78 is 59.0. The second kappa shape index (κ2) is 10.8. The highest BCUT2D eigenvalue weighted by molar-refractivity contribution is 5.92. The van der Waals surface area contributed by atoms with Crippen LogP contribution in [0.15, 0.2) is 48.8 Å². The molecular formula is C22H22F4N2O3. The van der Waals surface area contributed by atoms with E-state index in [2.05, 4.69) is 14.5 Å². The molecule has 0 aliphatic carbocycles. The first-order valence-electron chi connectivity index (χ1n) is 9.86. The van der Waals surface area contributed by atoms with Gasteiger partial charge < -0.3 is 14.4 Å². The highest BCUT2D eigenvalue weighted by atomic mass is 19.3. The third-order valence-corrected chi connectivity index (χ3v) is 4.96. The maximum atomic E-state index is 13.0. The molecule has 5 nitrogen and oxygen atoms in total. The van der Waals surface area contributed by atoms with Crippen LogP contribution in [-0.2, 0) is 4.79 Å². The maximum absolute atomic E-state index is 13.0. The molecule has 0 N–H and O–H groups in total. The minimum atomic E-state index is -3.16. The Labute approximate surface area is 177 Å². The van der Waals surface area contributed by atoms with E-state index >= 15 is 0 Å². The summed E-state index contributed by atoms with van der Waals surface area (Å²) in [4.78, 5) is 18.7. The number of rotatable bonds is 7. The molecule has 31 heavy (non-hydrogen) atoms. The molecule has 1 aliphatic rings. The molecule has 1 fully saturated rings. The summed E-state index contributed by atoms with van der Waals surface area (Å²) in [5, 5.41) is 0. The number of pyridine rings is 1. The molecule has 1 aromatic carbocycles. The van der Waals surface area contributed by atoms with Crippen LogP contribution in [0.3, 0.4) is 0 Å². The molecule has 0 saturated carbocycles. The lowest BCUT2D eigenvalue weighted by Gasteiger charge is -2.29. The Hall–Kier alpha value is -3.10. The van der Waals surface area contributed by atoms with Gasteiger partial charge in [0.15, 0.2) is 0 Å². The third kappa shape index (κ3) is 6.44. The number of aromatic nitrogens is 1. The van der Waals surface area contributed by atoms with Crippen molar-refractivity contribution in [3.05, 3.63) is 59.9 Å². The van der Waals surface area contributed by atoms with Crippen molar-refractivity contribution in [2.45, 2.75) is 44.9 Å². The second-order valence-electron chi connectivity index (χ2n) is 6.97. The lowest BCUT2D eigenvalue weighted by atomic mass is 10.0. The molecule has 1 aromatic heterocycles. The van der Waals surface area contributed by atoms with Crippen molar-refractivity contribution >= 4 is 12.0 Å². The van der Waals surface area contributed by atoms with Crippen molar-refractivity contribution in [2.24, 2.45) is 0 Å². The fourth-order valence-corrected chi connectivity index (χ4v) is 3.59. The third-order valence-electron chi connectivity index (χ3n) is 4.96. The van der Waals surface area contributed by atoms with E-state index in [0.29, 0.717) is 6.54 Å². The minimum Gasteiger partial charge on any atom is -0.435 e. The molecule has 0 spiro atoms. The van der Waals surface area contributed by atoms with Crippen molar-refractivity contribution in [1.29, 1.82) is 0 Å². The Kier molecular flexibility index (Phi) is 7.86. The van der Waals surface area contributed by atoms with Crippen LogP contribution in [0, 0.1) is 0 Å². The summed E-state index contributed by atoms with van der Waals surface area (Å²) in [6, 6.07) is 7.05. The van der Waals surface area contributed by atoms with Crippen LogP contribution >= 0.6 is 0 Å². The topological polar surface area (TPSA) is 51.7 Å². The normalized spacial score (nSPS) is 17.2. The van der Waals surface area contributed by atoms with E-state index in [1.54, 1.807) is 17.3 Å². The highest BCUT2D eigenvalue weighted by Crippen LogP contribution is 2.31. The predicted molar refractivity (Wildman–Crippen MR) is 106 cm³/mol.